The highest BCUT2D eigenvalue weighted by Crippen LogP contribution is 2.05. The minimum absolute atomic E-state index is 0.392. The number of ketones is 2. The third kappa shape index (κ3) is 5.16. The van der Waals surface area contributed by atoms with E-state index >= 15 is 0 Å². The molecule has 0 saturated heterocycles. The highest BCUT2D eigenvalue weighted by atomic mass is 32.2. The predicted octanol–water partition coefficient (Wildman–Crippen LogP) is 3.19. The zero-order chi connectivity index (χ0) is 16.7. The molecule has 0 atom stereocenters. The van der Waals surface area contributed by atoms with Gasteiger partial charge in [0.2, 0.25) is 0 Å². The molecule has 0 radical (unpaired) electrons. The van der Waals surface area contributed by atoms with E-state index < -0.39 is 21.4 Å². The van der Waals surface area contributed by atoms with Gasteiger partial charge in [0.1, 0.15) is 0 Å². The lowest BCUT2D eigenvalue weighted by Crippen LogP contribution is -1.98. The van der Waals surface area contributed by atoms with Crippen molar-refractivity contribution >= 4 is 21.4 Å². The van der Waals surface area contributed by atoms with Crippen LogP contribution in [0.1, 0.15) is 20.7 Å². The molecule has 0 N–H and O–H groups in total. The van der Waals surface area contributed by atoms with Crippen LogP contribution in [-0.4, -0.2) is 20.0 Å². The fourth-order valence-corrected chi connectivity index (χ4v) is 2.47. The molecule has 0 amide bonds. The maximum atomic E-state index is 11.8. The average Bonchev–Trinajstić information content (AvgIpc) is 2.59. The molecular weight excluding hydrogens is 312 g/mol. The molecule has 2 aromatic carbocycles. The van der Waals surface area contributed by atoms with Crippen molar-refractivity contribution in [2.75, 3.05) is 0 Å². The van der Waals surface area contributed by atoms with E-state index in [9.17, 15) is 18.0 Å². The number of hydrogen-bond donors (Lipinski definition) is 0. The van der Waals surface area contributed by atoms with Crippen LogP contribution in [0.5, 0.6) is 0 Å². The highest BCUT2D eigenvalue weighted by molar-refractivity contribution is 7.97. The maximum absolute atomic E-state index is 11.8. The van der Waals surface area contributed by atoms with Gasteiger partial charge in [0.05, 0.1) is 0 Å². The summed E-state index contributed by atoms with van der Waals surface area (Å²) in [6.45, 7) is 0. The lowest BCUT2D eigenvalue weighted by atomic mass is 10.1. The van der Waals surface area contributed by atoms with Gasteiger partial charge in [-0.25, -0.2) is 8.42 Å². The Labute approximate surface area is 134 Å². The molecule has 2 aromatic rings. The molecule has 5 heteroatoms. The van der Waals surface area contributed by atoms with Crippen LogP contribution in [0.4, 0.5) is 0 Å². The van der Waals surface area contributed by atoms with Crippen LogP contribution < -0.4 is 0 Å². The first-order valence-electron chi connectivity index (χ1n) is 6.78. The van der Waals surface area contributed by atoms with Crippen LogP contribution >= 0.6 is 0 Å². The van der Waals surface area contributed by atoms with Gasteiger partial charge >= 0.3 is 0 Å². The molecule has 0 aliphatic heterocycles. The SMILES string of the molecule is O=C(/C=C/S(=O)(=O)/C=C/C(=O)c1ccccc1)c1ccccc1. The Balaban J connectivity index is 2.07. The van der Waals surface area contributed by atoms with Crippen molar-refractivity contribution in [3.63, 3.8) is 0 Å². The molecule has 0 unspecified atom stereocenters. The molecule has 0 fully saturated rings. The van der Waals surface area contributed by atoms with Crippen LogP contribution in [0.15, 0.2) is 83.6 Å². The Morgan fingerprint density at radius 3 is 1.35 bits per heavy atom. The topological polar surface area (TPSA) is 68.3 Å². The fourth-order valence-electron chi connectivity index (χ4n) is 1.76. The van der Waals surface area contributed by atoms with Crippen LogP contribution in [0.25, 0.3) is 0 Å². The van der Waals surface area contributed by atoms with E-state index in [2.05, 4.69) is 0 Å². The van der Waals surface area contributed by atoms with E-state index in [1.54, 1.807) is 60.7 Å². The summed E-state index contributed by atoms with van der Waals surface area (Å²) in [6.07, 6.45) is 1.95. The number of sulfone groups is 1. The second-order valence-corrected chi connectivity index (χ2v) is 6.38. The minimum atomic E-state index is -3.79. The lowest BCUT2D eigenvalue weighted by Gasteiger charge is -1.95. The van der Waals surface area contributed by atoms with Gasteiger partial charge in [0.25, 0.3) is 0 Å². The summed E-state index contributed by atoms with van der Waals surface area (Å²) in [5, 5.41) is 1.58. The molecule has 4 nitrogen and oxygen atoms in total. The number of carbonyl (C=O) groups is 2. The predicted molar refractivity (Wildman–Crippen MR) is 88.7 cm³/mol. The smallest absolute Gasteiger partial charge is 0.193 e. The van der Waals surface area contributed by atoms with Crippen molar-refractivity contribution in [2.24, 2.45) is 0 Å². The van der Waals surface area contributed by atoms with E-state index in [0.29, 0.717) is 11.1 Å². The van der Waals surface area contributed by atoms with Crippen LogP contribution in [-0.2, 0) is 9.84 Å². The molecule has 0 saturated carbocycles. The van der Waals surface area contributed by atoms with Gasteiger partial charge in [0, 0.05) is 21.9 Å². The molecule has 0 aromatic heterocycles. The van der Waals surface area contributed by atoms with Gasteiger partial charge in [-0.15, -0.1) is 0 Å². The quantitative estimate of drug-likeness (QED) is 0.604. The van der Waals surface area contributed by atoms with Crippen LogP contribution in [0.2, 0.25) is 0 Å². The number of benzene rings is 2. The van der Waals surface area contributed by atoms with Gasteiger partial charge in [0.15, 0.2) is 21.4 Å². The molecule has 0 aliphatic carbocycles. The Bertz CT molecular complexity index is 781. The summed E-state index contributed by atoms with van der Waals surface area (Å²) in [7, 11) is -3.79. The van der Waals surface area contributed by atoms with Crippen molar-refractivity contribution in [3.05, 3.63) is 94.8 Å². The van der Waals surface area contributed by atoms with E-state index in [-0.39, 0.29) is 0 Å². The first-order valence-corrected chi connectivity index (χ1v) is 8.39. The number of rotatable bonds is 6. The summed E-state index contributed by atoms with van der Waals surface area (Å²) >= 11 is 0. The third-order valence-electron chi connectivity index (χ3n) is 2.93. The van der Waals surface area contributed by atoms with Gasteiger partial charge in [-0.3, -0.25) is 9.59 Å². The van der Waals surface area contributed by atoms with E-state index in [0.717, 1.165) is 23.0 Å². The Morgan fingerprint density at radius 1 is 0.652 bits per heavy atom. The Kier molecular flexibility index (Phi) is 5.38. The fraction of sp³-hybridized carbons (Fsp3) is 0. The highest BCUT2D eigenvalue weighted by Gasteiger charge is 2.06. The molecule has 2 rings (SSSR count). The molecule has 0 aliphatic rings. The molecule has 0 heterocycles. The zero-order valence-corrected chi connectivity index (χ0v) is 12.9. The van der Waals surface area contributed by atoms with Crippen LogP contribution in [0.3, 0.4) is 0 Å². The Morgan fingerprint density at radius 2 is 1.00 bits per heavy atom. The second kappa shape index (κ2) is 7.47. The monoisotopic (exact) mass is 326 g/mol. The minimum Gasteiger partial charge on any atom is -0.289 e. The van der Waals surface area contributed by atoms with Crippen molar-refractivity contribution in [1.82, 2.24) is 0 Å². The van der Waals surface area contributed by atoms with Crippen molar-refractivity contribution in [1.29, 1.82) is 0 Å². The number of carbonyl (C=O) groups excluding carboxylic acids is 2. The normalized spacial score (nSPS) is 11.8. The molecular formula is C18H14O4S. The summed E-state index contributed by atoms with van der Waals surface area (Å²) in [5.74, 6) is -0.839. The largest absolute Gasteiger partial charge is 0.289 e. The van der Waals surface area contributed by atoms with Crippen LogP contribution in [0, 0.1) is 0 Å². The van der Waals surface area contributed by atoms with E-state index in [4.69, 9.17) is 0 Å². The summed E-state index contributed by atoms with van der Waals surface area (Å²) < 4.78 is 23.6. The lowest BCUT2D eigenvalue weighted by molar-refractivity contribution is 0.103. The standard InChI is InChI=1S/C18H14O4S/c19-17(15-7-3-1-4-8-15)11-13-23(21,22)14-12-18(20)16-9-5-2-6-10-16/h1-14H/b13-11+,14-12+. The second-order valence-electron chi connectivity index (χ2n) is 4.66. The molecule has 23 heavy (non-hydrogen) atoms. The molecule has 0 spiro atoms. The summed E-state index contributed by atoms with van der Waals surface area (Å²) in [4.78, 5) is 23.6. The first-order chi connectivity index (χ1) is 11.0. The molecule has 0 bridgehead atoms. The zero-order valence-electron chi connectivity index (χ0n) is 12.1. The van der Waals surface area contributed by atoms with Gasteiger partial charge in [-0.05, 0) is 12.2 Å². The van der Waals surface area contributed by atoms with E-state index in [1.807, 2.05) is 0 Å². The number of hydrogen-bond acceptors (Lipinski definition) is 4. The first kappa shape index (κ1) is 16.6. The summed E-state index contributed by atoms with van der Waals surface area (Å²) in [5.41, 5.74) is 0.784. The van der Waals surface area contributed by atoms with Crippen molar-refractivity contribution < 1.29 is 18.0 Å². The Hall–Kier alpha value is -2.79. The van der Waals surface area contributed by atoms with Gasteiger partial charge < -0.3 is 0 Å². The van der Waals surface area contributed by atoms with Gasteiger partial charge in [-0.1, -0.05) is 60.7 Å². The third-order valence-corrected chi connectivity index (χ3v) is 3.97. The molecule has 116 valence electrons. The van der Waals surface area contributed by atoms with Crippen molar-refractivity contribution in [2.45, 2.75) is 0 Å². The maximum Gasteiger partial charge on any atom is 0.193 e. The van der Waals surface area contributed by atoms with Gasteiger partial charge in [-0.2, -0.15) is 0 Å². The van der Waals surface area contributed by atoms with Crippen molar-refractivity contribution in [3.8, 4) is 0 Å². The summed E-state index contributed by atoms with van der Waals surface area (Å²) in [6, 6.07) is 16.6. The van der Waals surface area contributed by atoms with E-state index in [1.165, 1.54) is 0 Å². The average molecular weight is 326 g/mol. The number of allylic oxidation sites excluding steroid dienone is 2.